The van der Waals surface area contributed by atoms with Gasteiger partial charge >= 0.3 is 0 Å². The molecule has 2 rings (SSSR count). The van der Waals surface area contributed by atoms with Gasteiger partial charge in [0, 0.05) is 19.0 Å². The number of halogens is 2. The number of hydrogen-bond acceptors (Lipinski definition) is 5. The van der Waals surface area contributed by atoms with E-state index in [4.69, 9.17) is 10.3 Å². The van der Waals surface area contributed by atoms with Gasteiger partial charge in [-0.1, -0.05) is 19.0 Å². The van der Waals surface area contributed by atoms with Crippen LogP contribution in [0.4, 0.5) is 14.5 Å². The van der Waals surface area contributed by atoms with E-state index in [1.807, 2.05) is 0 Å². The molecule has 0 bridgehead atoms. The molecule has 114 valence electrons. The van der Waals surface area contributed by atoms with Gasteiger partial charge in [0.1, 0.15) is 11.6 Å². The summed E-state index contributed by atoms with van der Waals surface area (Å²) in [4.78, 5) is 6.34. The van der Waals surface area contributed by atoms with Gasteiger partial charge in [-0.15, -0.1) is 0 Å². The first kappa shape index (κ1) is 15.4. The molecule has 5 nitrogen and oxygen atoms in total. The molecule has 0 spiro atoms. The molecule has 2 N–H and O–H groups in total. The van der Waals surface area contributed by atoms with Crippen molar-refractivity contribution in [2.75, 3.05) is 25.4 Å². The first-order chi connectivity index (χ1) is 10.0. The maximum absolute atomic E-state index is 13.7. The molecule has 0 aliphatic carbocycles. The SMILES string of the molecule is CCN(CC)CCc1noc(-c2cc(N)c(F)cc2F)n1. The fourth-order valence-electron chi connectivity index (χ4n) is 1.99. The highest BCUT2D eigenvalue weighted by Gasteiger charge is 2.16. The minimum absolute atomic E-state index is 0.00810. The van der Waals surface area contributed by atoms with E-state index in [1.165, 1.54) is 0 Å². The van der Waals surface area contributed by atoms with Crippen LogP contribution >= 0.6 is 0 Å². The second-order valence-electron chi connectivity index (χ2n) is 4.65. The summed E-state index contributed by atoms with van der Waals surface area (Å²) < 4.78 is 31.9. The lowest BCUT2D eigenvalue weighted by atomic mass is 10.2. The van der Waals surface area contributed by atoms with Crippen LogP contribution in [0, 0.1) is 11.6 Å². The molecular weight excluding hydrogens is 278 g/mol. The topological polar surface area (TPSA) is 68.2 Å². The van der Waals surface area contributed by atoms with E-state index in [0.717, 1.165) is 25.7 Å². The second kappa shape index (κ2) is 6.62. The molecule has 1 heterocycles. The van der Waals surface area contributed by atoms with E-state index in [1.54, 1.807) is 0 Å². The number of nitrogens with two attached hydrogens (primary N) is 1. The molecule has 0 saturated carbocycles. The number of hydrogen-bond donors (Lipinski definition) is 1. The smallest absolute Gasteiger partial charge is 0.260 e. The van der Waals surface area contributed by atoms with Crippen molar-refractivity contribution in [3.63, 3.8) is 0 Å². The van der Waals surface area contributed by atoms with E-state index in [0.29, 0.717) is 18.3 Å². The first-order valence-electron chi connectivity index (χ1n) is 6.85. The molecule has 0 unspecified atom stereocenters. The van der Waals surface area contributed by atoms with E-state index < -0.39 is 11.6 Å². The summed E-state index contributed by atoms with van der Waals surface area (Å²) in [5.74, 6) is -1.09. The van der Waals surface area contributed by atoms with Crippen molar-refractivity contribution in [1.82, 2.24) is 15.0 Å². The van der Waals surface area contributed by atoms with E-state index in [9.17, 15) is 8.78 Å². The van der Waals surface area contributed by atoms with Crippen LogP contribution in [-0.2, 0) is 6.42 Å². The van der Waals surface area contributed by atoms with Crippen molar-refractivity contribution in [2.24, 2.45) is 0 Å². The molecule has 0 fully saturated rings. The summed E-state index contributed by atoms with van der Waals surface area (Å²) in [5.41, 5.74) is 5.28. The maximum atomic E-state index is 13.7. The van der Waals surface area contributed by atoms with Crippen LogP contribution in [0.3, 0.4) is 0 Å². The zero-order valence-corrected chi connectivity index (χ0v) is 12.1. The molecule has 0 aliphatic rings. The Balaban J connectivity index is 2.15. The van der Waals surface area contributed by atoms with Gasteiger partial charge in [0.2, 0.25) is 0 Å². The molecular formula is C14H18F2N4O. The molecule has 1 aromatic carbocycles. The number of nitrogens with zero attached hydrogens (tertiary/aromatic N) is 3. The zero-order valence-electron chi connectivity index (χ0n) is 12.1. The van der Waals surface area contributed by atoms with Crippen molar-refractivity contribution in [3.8, 4) is 11.5 Å². The van der Waals surface area contributed by atoms with Crippen LogP contribution in [0.15, 0.2) is 16.7 Å². The highest BCUT2D eigenvalue weighted by Crippen LogP contribution is 2.25. The van der Waals surface area contributed by atoms with Crippen molar-refractivity contribution < 1.29 is 13.3 Å². The summed E-state index contributed by atoms with van der Waals surface area (Å²) in [6.45, 7) is 6.80. The van der Waals surface area contributed by atoms with E-state index >= 15 is 0 Å². The Morgan fingerprint density at radius 1 is 1.19 bits per heavy atom. The average molecular weight is 296 g/mol. The Labute approximate surface area is 121 Å². The highest BCUT2D eigenvalue weighted by molar-refractivity contribution is 5.61. The predicted molar refractivity (Wildman–Crippen MR) is 75.6 cm³/mol. The van der Waals surface area contributed by atoms with Crippen molar-refractivity contribution in [3.05, 3.63) is 29.6 Å². The quantitative estimate of drug-likeness (QED) is 0.829. The lowest BCUT2D eigenvalue weighted by Crippen LogP contribution is -2.25. The van der Waals surface area contributed by atoms with Gasteiger partial charge in [-0.25, -0.2) is 8.78 Å². The highest BCUT2D eigenvalue weighted by atomic mass is 19.1. The van der Waals surface area contributed by atoms with Gasteiger partial charge in [0.05, 0.1) is 11.3 Å². The van der Waals surface area contributed by atoms with Gasteiger partial charge in [-0.2, -0.15) is 4.98 Å². The van der Waals surface area contributed by atoms with Crippen LogP contribution in [0.2, 0.25) is 0 Å². The zero-order chi connectivity index (χ0) is 15.4. The standard InChI is InChI=1S/C14H18F2N4O/c1-3-20(4-2)6-5-13-18-14(21-19-13)9-7-12(17)11(16)8-10(9)15/h7-8H,3-6,17H2,1-2H3. The van der Waals surface area contributed by atoms with Crippen molar-refractivity contribution >= 4 is 5.69 Å². The van der Waals surface area contributed by atoms with Crippen LogP contribution in [0.5, 0.6) is 0 Å². The monoisotopic (exact) mass is 296 g/mol. The molecule has 7 heteroatoms. The molecule has 1 aromatic heterocycles. The van der Waals surface area contributed by atoms with Gasteiger partial charge in [-0.3, -0.25) is 0 Å². The third kappa shape index (κ3) is 3.55. The minimum Gasteiger partial charge on any atom is -0.396 e. The van der Waals surface area contributed by atoms with Crippen molar-refractivity contribution in [1.29, 1.82) is 0 Å². The number of anilines is 1. The second-order valence-corrected chi connectivity index (χ2v) is 4.65. The lowest BCUT2D eigenvalue weighted by molar-refractivity contribution is 0.303. The molecule has 0 radical (unpaired) electrons. The Morgan fingerprint density at radius 2 is 1.90 bits per heavy atom. The Kier molecular flexibility index (Phi) is 4.85. The third-order valence-electron chi connectivity index (χ3n) is 3.33. The number of aromatic nitrogens is 2. The van der Waals surface area contributed by atoms with E-state index in [2.05, 4.69) is 28.9 Å². The van der Waals surface area contributed by atoms with Crippen molar-refractivity contribution in [2.45, 2.75) is 20.3 Å². The third-order valence-corrected chi connectivity index (χ3v) is 3.33. The largest absolute Gasteiger partial charge is 0.396 e. The fraction of sp³-hybridized carbons (Fsp3) is 0.429. The van der Waals surface area contributed by atoms with Crippen LogP contribution in [0.25, 0.3) is 11.5 Å². The van der Waals surface area contributed by atoms with Crippen LogP contribution < -0.4 is 5.73 Å². The van der Waals surface area contributed by atoms with E-state index in [-0.39, 0.29) is 17.1 Å². The first-order valence-corrected chi connectivity index (χ1v) is 6.85. The average Bonchev–Trinajstić information content (AvgIpc) is 2.92. The van der Waals surface area contributed by atoms with Gasteiger partial charge in [-0.05, 0) is 19.2 Å². The normalized spacial score (nSPS) is 11.3. The lowest BCUT2D eigenvalue weighted by Gasteiger charge is -2.16. The summed E-state index contributed by atoms with van der Waals surface area (Å²) >= 11 is 0. The molecule has 2 aromatic rings. The number of nitrogen functional groups attached to an aromatic ring is 1. The fourth-order valence-corrected chi connectivity index (χ4v) is 1.99. The van der Waals surface area contributed by atoms with Gasteiger partial charge < -0.3 is 15.2 Å². The molecule has 0 saturated heterocycles. The summed E-state index contributed by atoms with van der Waals surface area (Å²) in [6.07, 6.45) is 0.601. The summed E-state index contributed by atoms with van der Waals surface area (Å²) in [7, 11) is 0. The Hall–Kier alpha value is -2.02. The Bertz CT molecular complexity index is 611. The van der Waals surface area contributed by atoms with Gasteiger partial charge in [0.25, 0.3) is 5.89 Å². The molecule has 21 heavy (non-hydrogen) atoms. The summed E-state index contributed by atoms with van der Waals surface area (Å²) in [6, 6.07) is 1.87. The van der Waals surface area contributed by atoms with Crippen LogP contribution in [0.1, 0.15) is 19.7 Å². The summed E-state index contributed by atoms with van der Waals surface area (Å²) in [5, 5.41) is 3.81. The number of likely N-dealkylation sites (N-methyl/N-ethyl adjacent to an activating group) is 1. The molecule has 0 atom stereocenters. The maximum Gasteiger partial charge on any atom is 0.260 e. The molecule has 0 amide bonds. The Morgan fingerprint density at radius 3 is 2.57 bits per heavy atom. The van der Waals surface area contributed by atoms with Gasteiger partial charge in [0.15, 0.2) is 5.82 Å². The predicted octanol–water partition coefficient (Wildman–Crippen LogP) is 2.48. The number of benzene rings is 1. The minimum atomic E-state index is -0.808. The molecule has 0 aliphatic heterocycles. The van der Waals surface area contributed by atoms with Crippen LogP contribution in [-0.4, -0.2) is 34.7 Å². The number of rotatable bonds is 6.